The van der Waals surface area contributed by atoms with Gasteiger partial charge in [0.05, 0.1) is 17.8 Å². The Bertz CT molecular complexity index is 494. The number of fused-ring (bicyclic) bond motifs is 2. The van der Waals surface area contributed by atoms with Crippen LogP contribution in [0.3, 0.4) is 0 Å². The average molecular weight is 304 g/mol. The summed E-state index contributed by atoms with van der Waals surface area (Å²) in [7, 11) is 0. The van der Waals surface area contributed by atoms with Crippen LogP contribution in [0.25, 0.3) is 0 Å². The smallest absolute Gasteiger partial charge is 0.0923 e. The van der Waals surface area contributed by atoms with Gasteiger partial charge < -0.3 is 9.84 Å². The molecule has 1 saturated carbocycles. The molecule has 0 amide bonds. The lowest BCUT2D eigenvalue weighted by atomic mass is 9.69. The maximum absolute atomic E-state index is 10.8. The van der Waals surface area contributed by atoms with Gasteiger partial charge in [0, 0.05) is 0 Å². The Morgan fingerprint density at radius 1 is 1.41 bits per heavy atom. The minimum atomic E-state index is -0.224. The van der Waals surface area contributed by atoms with Crippen LogP contribution in [0, 0.1) is 17.3 Å². The molecule has 0 aromatic carbocycles. The van der Waals surface area contributed by atoms with Crippen molar-refractivity contribution in [2.24, 2.45) is 17.3 Å². The van der Waals surface area contributed by atoms with E-state index in [9.17, 15) is 5.11 Å². The molecular weight excluding hydrogens is 272 g/mol. The fourth-order valence-electron chi connectivity index (χ4n) is 5.00. The molecule has 2 nitrogen and oxygen atoms in total. The highest BCUT2D eigenvalue weighted by Crippen LogP contribution is 2.58. The van der Waals surface area contributed by atoms with Crippen LogP contribution in [-0.2, 0) is 4.74 Å². The fourth-order valence-corrected chi connectivity index (χ4v) is 5.00. The highest BCUT2D eigenvalue weighted by molar-refractivity contribution is 5.15. The molecular formula is C20H32O2. The van der Waals surface area contributed by atoms with Crippen LogP contribution >= 0.6 is 0 Å². The van der Waals surface area contributed by atoms with Crippen LogP contribution < -0.4 is 0 Å². The van der Waals surface area contributed by atoms with Gasteiger partial charge in [-0.3, -0.25) is 0 Å². The van der Waals surface area contributed by atoms with Crippen LogP contribution in [0.15, 0.2) is 23.8 Å². The van der Waals surface area contributed by atoms with E-state index in [0.717, 1.165) is 38.5 Å². The lowest BCUT2D eigenvalue weighted by Gasteiger charge is -2.36. The van der Waals surface area contributed by atoms with Crippen molar-refractivity contribution in [2.45, 2.75) is 84.0 Å². The second-order valence-electron chi connectivity index (χ2n) is 8.57. The summed E-state index contributed by atoms with van der Waals surface area (Å²) in [6, 6.07) is 0. The van der Waals surface area contributed by atoms with E-state index < -0.39 is 0 Å². The van der Waals surface area contributed by atoms with E-state index in [2.05, 4.69) is 40.3 Å². The lowest BCUT2D eigenvalue weighted by Crippen LogP contribution is -2.36. The molecule has 1 aliphatic heterocycles. The molecule has 1 N–H and O–H groups in total. The standard InChI is InChI=1S/C20H32O2/c1-13(2)15-11-17(21)19(4)12-18-20(5,22-18)10-6-7-14(3)8-9-16(15)19/h7,15-18,21H,1,6,8-12H2,2-5H3/b14-7+/t15-,16-,17-,18+,19+,20+/m1/s1. The van der Waals surface area contributed by atoms with Gasteiger partial charge in [0.2, 0.25) is 0 Å². The molecule has 2 fully saturated rings. The molecule has 0 unspecified atom stereocenters. The van der Waals surface area contributed by atoms with Gasteiger partial charge >= 0.3 is 0 Å². The van der Waals surface area contributed by atoms with Crippen molar-refractivity contribution in [3.8, 4) is 0 Å². The third-order valence-electron chi connectivity index (χ3n) is 6.85. The van der Waals surface area contributed by atoms with Crippen LogP contribution in [-0.4, -0.2) is 22.9 Å². The largest absolute Gasteiger partial charge is 0.393 e. The SMILES string of the molecule is C=C(C)[C@H]1C[C@@H](O)[C@@]2(C)C[C@@H]3O[C@@]3(C)CC/C=C(\C)CC[C@H]12. The Labute approximate surface area is 135 Å². The molecule has 124 valence electrons. The summed E-state index contributed by atoms with van der Waals surface area (Å²) >= 11 is 0. The van der Waals surface area contributed by atoms with Crippen molar-refractivity contribution in [1.82, 2.24) is 0 Å². The number of epoxide rings is 1. The van der Waals surface area contributed by atoms with Gasteiger partial charge in [-0.2, -0.15) is 0 Å². The monoisotopic (exact) mass is 304 g/mol. The Kier molecular flexibility index (Phi) is 4.06. The average Bonchev–Trinajstić information content (AvgIpc) is 2.97. The lowest BCUT2D eigenvalue weighted by molar-refractivity contribution is 0.0227. The van der Waals surface area contributed by atoms with Crippen molar-refractivity contribution in [2.75, 3.05) is 0 Å². The summed E-state index contributed by atoms with van der Waals surface area (Å²) in [5.41, 5.74) is 2.74. The van der Waals surface area contributed by atoms with E-state index in [4.69, 9.17) is 4.74 Å². The zero-order chi connectivity index (χ0) is 16.1. The zero-order valence-corrected chi connectivity index (χ0v) is 14.7. The van der Waals surface area contributed by atoms with E-state index in [0.29, 0.717) is 17.9 Å². The Balaban J connectivity index is 1.90. The van der Waals surface area contributed by atoms with Crippen molar-refractivity contribution in [3.63, 3.8) is 0 Å². The summed E-state index contributed by atoms with van der Waals surface area (Å²) in [6.07, 6.45) is 8.91. The number of aliphatic hydroxyl groups is 1. The number of ether oxygens (including phenoxy) is 1. The van der Waals surface area contributed by atoms with Gasteiger partial charge in [0.25, 0.3) is 0 Å². The van der Waals surface area contributed by atoms with Crippen molar-refractivity contribution in [3.05, 3.63) is 23.8 Å². The van der Waals surface area contributed by atoms with Crippen LogP contribution in [0.1, 0.15) is 66.2 Å². The third-order valence-corrected chi connectivity index (χ3v) is 6.85. The van der Waals surface area contributed by atoms with Crippen molar-refractivity contribution >= 4 is 0 Å². The van der Waals surface area contributed by atoms with E-state index in [-0.39, 0.29) is 17.1 Å². The molecule has 22 heavy (non-hydrogen) atoms. The molecule has 6 atom stereocenters. The molecule has 0 aromatic rings. The van der Waals surface area contributed by atoms with Crippen LogP contribution in [0.2, 0.25) is 0 Å². The highest BCUT2D eigenvalue weighted by Gasteiger charge is 2.59. The molecule has 0 bridgehead atoms. The maximum Gasteiger partial charge on any atom is 0.0923 e. The molecule has 3 rings (SSSR count). The number of allylic oxidation sites excluding steroid dienone is 3. The molecule has 1 saturated heterocycles. The summed E-state index contributed by atoms with van der Waals surface area (Å²) in [4.78, 5) is 0. The summed E-state index contributed by atoms with van der Waals surface area (Å²) in [5.74, 6) is 0.980. The predicted octanol–water partition coefficient (Wildman–Crippen LogP) is 4.63. The minimum Gasteiger partial charge on any atom is -0.393 e. The van der Waals surface area contributed by atoms with E-state index in [1.54, 1.807) is 0 Å². The molecule has 2 aliphatic carbocycles. The zero-order valence-electron chi connectivity index (χ0n) is 14.7. The van der Waals surface area contributed by atoms with Gasteiger partial charge in [-0.05, 0) is 76.5 Å². The van der Waals surface area contributed by atoms with E-state index >= 15 is 0 Å². The van der Waals surface area contributed by atoms with Crippen molar-refractivity contribution < 1.29 is 9.84 Å². The summed E-state index contributed by atoms with van der Waals surface area (Å²) in [6.45, 7) is 13.1. The molecule has 0 radical (unpaired) electrons. The summed E-state index contributed by atoms with van der Waals surface area (Å²) in [5, 5.41) is 10.8. The fraction of sp³-hybridized carbons (Fsp3) is 0.800. The first-order valence-corrected chi connectivity index (χ1v) is 8.93. The third kappa shape index (κ3) is 2.69. The first-order valence-electron chi connectivity index (χ1n) is 8.93. The van der Waals surface area contributed by atoms with Gasteiger partial charge in [-0.15, -0.1) is 0 Å². The minimum absolute atomic E-state index is 0.0311. The molecule has 1 heterocycles. The van der Waals surface area contributed by atoms with E-state index in [1.165, 1.54) is 11.1 Å². The molecule has 0 spiro atoms. The Morgan fingerprint density at radius 2 is 2.14 bits per heavy atom. The summed E-state index contributed by atoms with van der Waals surface area (Å²) < 4.78 is 6.07. The molecule has 2 heteroatoms. The van der Waals surface area contributed by atoms with Gasteiger partial charge in [0.1, 0.15) is 0 Å². The quantitative estimate of drug-likeness (QED) is 0.566. The highest BCUT2D eigenvalue weighted by atomic mass is 16.6. The van der Waals surface area contributed by atoms with E-state index in [1.807, 2.05) is 0 Å². The van der Waals surface area contributed by atoms with Gasteiger partial charge in [0.15, 0.2) is 0 Å². The number of hydrogen-bond acceptors (Lipinski definition) is 2. The van der Waals surface area contributed by atoms with Gasteiger partial charge in [-0.1, -0.05) is 30.7 Å². The predicted molar refractivity (Wildman–Crippen MR) is 90.6 cm³/mol. The molecule has 0 aromatic heterocycles. The second-order valence-corrected chi connectivity index (χ2v) is 8.57. The first kappa shape index (κ1) is 16.3. The normalized spacial score (nSPS) is 51.0. The number of hydrogen-bond donors (Lipinski definition) is 1. The van der Waals surface area contributed by atoms with Gasteiger partial charge in [-0.25, -0.2) is 0 Å². The topological polar surface area (TPSA) is 32.8 Å². The molecule has 3 aliphatic rings. The Morgan fingerprint density at radius 3 is 2.82 bits per heavy atom. The first-order chi connectivity index (χ1) is 10.3. The number of aliphatic hydroxyl groups excluding tert-OH is 1. The van der Waals surface area contributed by atoms with Crippen LogP contribution in [0.5, 0.6) is 0 Å². The Hall–Kier alpha value is -0.600. The van der Waals surface area contributed by atoms with Crippen LogP contribution in [0.4, 0.5) is 0 Å². The number of rotatable bonds is 1. The van der Waals surface area contributed by atoms with Crippen molar-refractivity contribution in [1.29, 1.82) is 0 Å². The second kappa shape index (κ2) is 5.49. The maximum atomic E-state index is 10.8.